The molecule has 2 aliphatic carbocycles. The maximum atomic E-state index is 11.6. The van der Waals surface area contributed by atoms with Crippen molar-refractivity contribution in [2.75, 3.05) is 13.2 Å². The predicted octanol–water partition coefficient (Wildman–Crippen LogP) is 0.563. The Balaban J connectivity index is 1.41. The molecule has 3 rings (SSSR count). The van der Waals surface area contributed by atoms with Gasteiger partial charge >= 0.3 is 0 Å². The highest BCUT2D eigenvalue weighted by molar-refractivity contribution is 5.80. The molecule has 1 saturated heterocycles. The van der Waals surface area contributed by atoms with Crippen molar-refractivity contribution in [3.05, 3.63) is 0 Å². The fraction of sp³-hybridized carbons (Fsp3) is 0.933. The van der Waals surface area contributed by atoms with E-state index in [1.807, 2.05) is 0 Å². The van der Waals surface area contributed by atoms with Gasteiger partial charge in [0.1, 0.15) is 6.10 Å². The summed E-state index contributed by atoms with van der Waals surface area (Å²) < 4.78 is 5.64. The number of ether oxygens (including phenoxy) is 1. The average molecular weight is 282 g/mol. The molecular formula is C15H26N2O3. The summed E-state index contributed by atoms with van der Waals surface area (Å²) in [6.45, 7) is 0.973. The normalized spacial score (nSPS) is 35.1. The minimum atomic E-state index is -0.517. The summed E-state index contributed by atoms with van der Waals surface area (Å²) in [4.78, 5) is 11.6. The molecule has 0 aromatic heterocycles. The molecule has 3 fully saturated rings. The van der Waals surface area contributed by atoms with Crippen molar-refractivity contribution in [1.82, 2.24) is 10.6 Å². The fourth-order valence-corrected chi connectivity index (χ4v) is 3.27. The number of aliphatic hydroxyl groups excluding tert-OH is 1. The Hall–Kier alpha value is -0.650. The highest BCUT2D eigenvalue weighted by Gasteiger charge is 2.38. The lowest BCUT2D eigenvalue weighted by molar-refractivity contribution is -0.123. The van der Waals surface area contributed by atoms with E-state index in [1.54, 1.807) is 0 Å². The number of aliphatic hydroxyl groups is 1. The first kappa shape index (κ1) is 14.3. The molecule has 0 bridgehead atoms. The van der Waals surface area contributed by atoms with E-state index in [4.69, 9.17) is 4.74 Å². The van der Waals surface area contributed by atoms with E-state index in [0.29, 0.717) is 19.2 Å². The standard InChI is InChI=1S/C15H26N2O3/c18-14-12(17-11-4-2-1-3-5-11)9-20-13(14)8-16-15(19)10-6-7-10/h10-14,17-18H,1-9H2,(H,16,19)/t12-,13-,14+/m1/s1. The maximum Gasteiger partial charge on any atom is 0.223 e. The van der Waals surface area contributed by atoms with E-state index >= 15 is 0 Å². The van der Waals surface area contributed by atoms with E-state index in [9.17, 15) is 9.90 Å². The summed E-state index contributed by atoms with van der Waals surface area (Å²) in [7, 11) is 0. The van der Waals surface area contributed by atoms with Gasteiger partial charge in [0.15, 0.2) is 0 Å². The van der Waals surface area contributed by atoms with Gasteiger partial charge in [-0.1, -0.05) is 19.3 Å². The number of nitrogens with one attached hydrogen (secondary N) is 2. The lowest BCUT2D eigenvalue weighted by Gasteiger charge is -2.27. The van der Waals surface area contributed by atoms with Gasteiger partial charge in [-0.2, -0.15) is 0 Å². The third-order valence-corrected chi connectivity index (χ3v) is 4.76. The molecule has 1 heterocycles. The number of amides is 1. The second-order valence-corrected chi connectivity index (χ2v) is 6.49. The Morgan fingerprint density at radius 3 is 2.60 bits per heavy atom. The van der Waals surface area contributed by atoms with E-state index in [2.05, 4.69) is 10.6 Å². The van der Waals surface area contributed by atoms with Gasteiger partial charge in [-0.3, -0.25) is 4.79 Å². The highest BCUT2D eigenvalue weighted by atomic mass is 16.5. The maximum absolute atomic E-state index is 11.6. The Morgan fingerprint density at radius 1 is 1.15 bits per heavy atom. The molecule has 3 aliphatic rings. The van der Waals surface area contributed by atoms with E-state index in [1.165, 1.54) is 32.1 Å². The van der Waals surface area contributed by atoms with E-state index < -0.39 is 6.10 Å². The van der Waals surface area contributed by atoms with Crippen LogP contribution in [0.5, 0.6) is 0 Å². The Labute approximate surface area is 120 Å². The summed E-state index contributed by atoms with van der Waals surface area (Å²) in [6.07, 6.45) is 7.52. The van der Waals surface area contributed by atoms with E-state index in [0.717, 1.165) is 12.8 Å². The molecule has 0 unspecified atom stereocenters. The third kappa shape index (κ3) is 3.51. The van der Waals surface area contributed by atoms with Gasteiger partial charge < -0.3 is 20.5 Å². The van der Waals surface area contributed by atoms with Crippen molar-refractivity contribution in [1.29, 1.82) is 0 Å². The zero-order chi connectivity index (χ0) is 13.9. The summed E-state index contributed by atoms with van der Waals surface area (Å²) in [5, 5.41) is 16.7. The van der Waals surface area contributed by atoms with Gasteiger partial charge in [-0.05, 0) is 25.7 Å². The van der Waals surface area contributed by atoms with Crippen LogP contribution >= 0.6 is 0 Å². The Kier molecular flexibility index (Phi) is 4.58. The molecule has 5 nitrogen and oxygen atoms in total. The summed E-state index contributed by atoms with van der Waals surface area (Å²) in [5.41, 5.74) is 0. The largest absolute Gasteiger partial charge is 0.389 e. The van der Waals surface area contributed by atoms with Crippen LogP contribution in [0, 0.1) is 5.92 Å². The monoisotopic (exact) mass is 282 g/mol. The minimum Gasteiger partial charge on any atom is -0.389 e. The van der Waals surface area contributed by atoms with Crippen LogP contribution in [0.25, 0.3) is 0 Å². The van der Waals surface area contributed by atoms with Gasteiger partial charge in [0.05, 0.1) is 18.8 Å². The van der Waals surface area contributed by atoms with E-state index in [-0.39, 0.29) is 24.0 Å². The first-order chi connectivity index (χ1) is 9.74. The van der Waals surface area contributed by atoms with Crippen molar-refractivity contribution in [3.63, 3.8) is 0 Å². The molecule has 20 heavy (non-hydrogen) atoms. The predicted molar refractivity (Wildman–Crippen MR) is 75.3 cm³/mol. The quantitative estimate of drug-likeness (QED) is 0.689. The minimum absolute atomic E-state index is 0.0147. The van der Waals surface area contributed by atoms with Gasteiger partial charge in [0.2, 0.25) is 5.91 Å². The first-order valence-corrected chi connectivity index (χ1v) is 8.07. The van der Waals surface area contributed by atoms with Crippen molar-refractivity contribution in [2.45, 2.75) is 69.2 Å². The molecule has 114 valence electrons. The van der Waals surface area contributed by atoms with Crippen LogP contribution in [0.3, 0.4) is 0 Å². The number of carbonyl (C=O) groups is 1. The summed E-state index contributed by atoms with van der Waals surface area (Å²) in [6, 6.07) is 0.535. The first-order valence-electron chi connectivity index (χ1n) is 8.07. The van der Waals surface area contributed by atoms with Crippen LogP contribution in [0.4, 0.5) is 0 Å². The SMILES string of the molecule is O=C(NC[C@H]1OC[C@@H](NC2CCCCC2)[C@@H]1O)C1CC1. The van der Waals surface area contributed by atoms with Crippen LogP contribution < -0.4 is 10.6 Å². The zero-order valence-electron chi connectivity index (χ0n) is 12.0. The summed E-state index contributed by atoms with van der Waals surface area (Å²) >= 11 is 0. The van der Waals surface area contributed by atoms with Crippen LogP contribution in [0.15, 0.2) is 0 Å². The van der Waals surface area contributed by atoms with Crippen molar-refractivity contribution in [2.24, 2.45) is 5.92 Å². The van der Waals surface area contributed by atoms with Gasteiger partial charge in [-0.25, -0.2) is 0 Å². The molecule has 2 saturated carbocycles. The zero-order valence-corrected chi connectivity index (χ0v) is 12.0. The Morgan fingerprint density at radius 2 is 1.90 bits per heavy atom. The lowest BCUT2D eigenvalue weighted by atomic mass is 9.94. The highest BCUT2D eigenvalue weighted by Crippen LogP contribution is 2.29. The second-order valence-electron chi connectivity index (χ2n) is 6.49. The molecule has 5 heteroatoms. The van der Waals surface area contributed by atoms with Gasteiger partial charge in [0, 0.05) is 18.5 Å². The second kappa shape index (κ2) is 6.41. The fourth-order valence-electron chi connectivity index (χ4n) is 3.27. The lowest BCUT2D eigenvalue weighted by Crippen LogP contribution is -2.48. The molecule has 0 radical (unpaired) electrons. The molecule has 0 spiro atoms. The molecular weight excluding hydrogens is 256 g/mol. The number of hydrogen-bond acceptors (Lipinski definition) is 4. The van der Waals surface area contributed by atoms with Crippen LogP contribution in [0.1, 0.15) is 44.9 Å². The van der Waals surface area contributed by atoms with Gasteiger partial charge in [-0.15, -0.1) is 0 Å². The molecule has 0 aromatic rings. The molecule has 0 aromatic carbocycles. The molecule has 1 aliphatic heterocycles. The van der Waals surface area contributed by atoms with Crippen LogP contribution in [-0.2, 0) is 9.53 Å². The smallest absolute Gasteiger partial charge is 0.223 e. The topological polar surface area (TPSA) is 70.6 Å². The molecule has 1 amide bonds. The van der Waals surface area contributed by atoms with Crippen molar-refractivity contribution >= 4 is 5.91 Å². The molecule has 3 atom stereocenters. The van der Waals surface area contributed by atoms with Crippen LogP contribution in [0.2, 0.25) is 0 Å². The third-order valence-electron chi connectivity index (χ3n) is 4.76. The summed E-state index contributed by atoms with van der Waals surface area (Å²) in [5.74, 6) is 0.328. The van der Waals surface area contributed by atoms with Gasteiger partial charge in [0.25, 0.3) is 0 Å². The van der Waals surface area contributed by atoms with Crippen molar-refractivity contribution in [3.8, 4) is 0 Å². The Bertz CT molecular complexity index is 340. The number of carbonyl (C=O) groups excluding carboxylic acids is 1. The number of rotatable bonds is 5. The number of hydrogen-bond donors (Lipinski definition) is 3. The average Bonchev–Trinajstić information content (AvgIpc) is 3.26. The van der Waals surface area contributed by atoms with Crippen LogP contribution in [-0.4, -0.2) is 48.5 Å². The van der Waals surface area contributed by atoms with Crippen molar-refractivity contribution < 1.29 is 14.6 Å². The molecule has 3 N–H and O–H groups in total.